The number of amides is 1. The summed E-state index contributed by atoms with van der Waals surface area (Å²) < 4.78 is 56.7. The minimum atomic E-state index is -3.97. The Morgan fingerprint density at radius 3 is 2.08 bits per heavy atom. The van der Waals surface area contributed by atoms with Crippen LogP contribution in [0.1, 0.15) is 26.3 Å². The lowest BCUT2D eigenvalue weighted by atomic mass is 10.00. The Labute approximate surface area is 220 Å². The Kier molecular flexibility index (Phi) is 11.1. The van der Waals surface area contributed by atoms with Gasteiger partial charge in [0.2, 0.25) is 15.9 Å². The van der Waals surface area contributed by atoms with Crippen LogP contribution in [0.2, 0.25) is 0 Å². The van der Waals surface area contributed by atoms with E-state index in [1.54, 1.807) is 12.1 Å². The first-order chi connectivity index (χ1) is 17.2. The molecule has 9 nitrogen and oxygen atoms in total. The predicted octanol–water partition coefficient (Wildman–Crippen LogP) is 2.11. The van der Waals surface area contributed by atoms with Crippen LogP contribution in [-0.4, -0.2) is 76.5 Å². The highest BCUT2D eigenvalue weighted by molar-refractivity contribution is 7.90. The fourth-order valence-corrected chi connectivity index (χ4v) is 6.60. The van der Waals surface area contributed by atoms with Crippen molar-refractivity contribution in [1.29, 1.82) is 0 Å². The Balaban J connectivity index is 2.33. The molecule has 0 fully saturated rings. The van der Waals surface area contributed by atoms with Crippen LogP contribution in [0, 0.1) is 11.8 Å². The van der Waals surface area contributed by atoms with Gasteiger partial charge in [-0.25, -0.2) is 16.8 Å². The number of carbonyl (C=O) groups is 1. The van der Waals surface area contributed by atoms with Crippen molar-refractivity contribution in [2.75, 3.05) is 32.2 Å². The van der Waals surface area contributed by atoms with Gasteiger partial charge in [0, 0.05) is 25.3 Å². The van der Waals surface area contributed by atoms with Crippen LogP contribution in [0.15, 0.2) is 59.5 Å². The molecule has 11 heteroatoms. The van der Waals surface area contributed by atoms with E-state index in [0.717, 1.165) is 11.8 Å². The Hall–Kier alpha value is -2.47. The molecule has 2 aromatic rings. The number of benzene rings is 2. The van der Waals surface area contributed by atoms with Crippen LogP contribution in [-0.2, 0) is 31.1 Å². The van der Waals surface area contributed by atoms with E-state index in [4.69, 9.17) is 4.74 Å². The number of methoxy groups -OCH3 is 1. The highest BCUT2D eigenvalue weighted by Crippen LogP contribution is 2.22. The molecule has 0 aliphatic carbocycles. The number of ether oxygens (including phenoxy) is 1. The SMILES string of the molecule is COc1ccc(S(=O)(=O)N(CC(C)C)CC(O)[C@H](Cc2ccccc2)NC(=O)C(C)CS(C)(=O)=O)cc1. The standard InChI is InChI=1S/C26H38N2O7S2/c1-19(2)16-28(37(33,34)23-13-11-22(35-4)12-14-23)17-25(29)24(15-21-9-7-6-8-10-21)27-26(30)20(3)18-36(5,31)32/h6-14,19-20,24-25,29H,15-18H2,1-5H3,(H,27,30)/t20?,24-,25?/m0/s1. The van der Waals surface area contributed by atoms with Crippen LogP contribution < -0.4 is 10.1 Å². The fraction of sp³-hybridized carbons (Fsp3) is 0.500. The fourth-order valence-electron chi connectivity index (χ4n) is 3.92. The van der Waals surface area contributed by atoms with Gasteiger partial charge in [-0.05, 0) is 42.2 Å². The van der Waals surface area contributed by atoms with Gasteiger partial charge in [-0.3, -0.25) is 4.79 Å². The van der Waals surface area contributed by atoms with E-state index in [2.05, 4.69) is 5.32 Å². The Morgan fingerprint density at radius 1 is 0.973 bits per heavy atom. The molecule has 0 aliphatic heterocycles. The van der Waals surface area contributed by atoms with Crippen molar-refractivity contribution in [2.45, 2.75) is 44.2 Å². The van der Waals surface area contributed by atoms with Crippen LogP contribution in [0.3, 0.4) is 0 Å². The zero-order chi connectivity index (χ0) is 27.8. The number of rotatable bonds is 14. The number of hydrogen-bond donors (Lipinski definition) is 2. The molecule has 0 spiro atoms. The molecule has 2 N–H and O–H groups in total. The second-order valence-corrected chi connectivity index (χ2v) is 13.9. The van der Waals surface area contributed by atoms with E-state index in [-0.39, 0.29) is 36.1 Å². The number of sulfone groups is 1. The summed E-state index contributed by atoms with van der Waals surface area (Å²) in [5, 5.41) is 14.0. The average molecular weight is 555 g/mol. The second kappa shape index (κ2) is 13.4. The molecule has 2 aromatic carbocycles. The second-order valence-electron chi connectivity index (χ2n) is 9.76. The summed E-state index contributed by atoms with van der Waals surface area (Å²) in [7, 11) is -5.87. The number of sulfonamides is 1. The normalized spacial score (nSPS) is 14.8. The van der Waals surface area contributed by atoms with Crippen molar-refractivity contribution in [1.82, 2.24) is 9.62 Å². The van der Waals surface area contributed by atoms with E-state index in [1.807, 2.05) is 44.2 Å². The number of nitrogens with one attached hydrogen (secondary N) is 1. The van der Waals surface area contributed by atoms with E-state index in [9.17, 15) is 26.7 Å². The maximum absolute atomic E-state index is 13.5. The lowest BCUT2D eigenvalue weighted by Gasteiger charge is -2.31. The molecular formula is C26H38N2O7S2. The number of carbonyl (C=O) groups excluding carboxylic acids is 1. The van der Waals surface area contributed by atoms with Gasteiger partial charge in [0.15, 0.2) is 0 Å². The van der Waals surface area contributed by atoms with Gasteiger partial charge in [-0.2, -0.15) is 4.31 Å². The third-order valence-corrected chi connectivity index (χ3v) is 8.70. The molecule has 0 aromatic heterocycles. The lowest BCUT2D eigenvalue weighted by molar-refractivity contribution is -0.125. The van der Waals surface area contributed by atoms with Gasteiger partial charge in [0.1, 0.15) is 15.6 Å². The zero-order valence-electron chi connectivity index (χ0n) is 22.0. The van der Waals surface area contributed by atoms with E-state index in [1.165, 1.54) is 30.5 Å². The number of aliphatic hydroxyl groups is 1. The summed E-state index contributed by atoms with van der Waals surface area (Å²) >= 11 is 0. The van der Waals surface area contributed by atoms with Crippen molar-refractivity contribution in [3.8, 4) is 5.75 Å². The summed E-state index contributed by atoms with van der Waals surface area (Å²) in [4.78, 5) is 12.9. The highest BCUT2D eigenvalue weighted by Gasteiger charge is 2.32. The molecule has 0 bridgehead atoms. The summed E-state index contributed by atoms with van der Waals surface area (Å²) in [5.74, 6) is -1.22. The molecule has 2 unspecified atom stereocenters. The first-order valence-corrected chi connectivity index (χ1v) is 15.6. The predicted molar refractivity (Wildman–Crippen MR) is 144 cm³/mol. The molecular weight excluding hydrogens is 516 g/mol. The minimum absolute atomic E-state index is 0.0304. The van der Waals surface area contributed by atoms with E-state index < -0.39 is 43.8 Å². The van der Waals surface area contributed by atoms with Gasteiger partial charge in [0.05, 0.1) is 29.9 Å². The zero-order valence-corrected chi connectivity index (χ0v) is 23.6. The summed E-state index contributed by atoms with van der Waals surface area (Å²) in [6, 6.07) is 14.3. The van der Waals surface area contributed by atoms with Gasteiger partial charge in [-0.1, -0.05) is 51.1 Å². The summed E-state index contributed by atoms with van der Waals surface area (Å²) in [6.45, 7) is 5.15. The molecule has 0 saturated heterocycles. The van der Waals surface area contributed by atoms with Crippen LogP contribution >= 0.6 is 0 Å². The molecule has 206 valence electrons. The molecule has 1 amide bonds. The maximum Gasteiger partial charge on any atom is 0.243 e. The quantitative estimate of drug-likeness (QED) is 0.366. The van der Waals surface area contributed by atoms with Crippen molar-refractivity contribution < 1.29 is 31.5 Å². The summed E-state index contributed by atoms with van der Waals surface area (Å²) in [6.07, 6.45) is 0.0274. The molecule has 0 heterocycles. The Bertz CT molecular complexity index is 1220. The van der Waals surface area contributed by atoms with Gasteiger partial charge in [-0.15, -0.1) is 0 Å². The minimum Gasteiger partial charge on any atom is -0.497 e. The molecule has 37 heavy (non-hydrogen) atoms. The Morgan fingerprint density at radius 2 is 1.57 bits per heavy atom. The number of aliphatic hydroxyl groups excluding tert-OH is 1. The topological polar surface area (TPSA) is 130 Å². The van der Waals surface area contributed by atoms with E-state index >= 15 is 0 Å². The molecule has 0 radical (unpaired) electrons. The smallest absolute Gasteiger partial charge is 0.243 e. The molecule has 3 atom stereocenters. The van der Waals surface area contributed by atoms with Crippen molar-refractivity contribution in [3.63, 3.8) is 0 Å². The van der Waals surface area contributed by atoms with Crippen molar-refractivity contribution in [2.24, 2.45) is 11.8 Å². The average Bonchev–Trinajstić information content (AvgIpc) is 2.82. The third-order valence-electron chi connectivity index (χ3n) is 5.75. The van der Waals surface area contributed by atoms with Crippen LogP contribution in [0.5, 0.6) is 5.75 Å². The van der Waals surface area contributed by atoms with Crippen molar-refractivity contribution >= 4 is 25.8 Å². The third kappa shape index (κ3) is 9.73. The molecule has 0 aliphatic rings. The van der Waals surface area contributed by atoms with Crippen LogP contribution in [0.25, 0.3) is 0 Å². The van der Waals surface area contributed by atoms with E-state index in [0.29, 0.717) is 5.75 Å². The highest BCUT2D eigenvalue weighted by atomic mass is 32.2. The van der Waals surface area contributed by atoms with Gasteiger partial charge in [0.25, 0.3) is 0 Å². The lowest BCUT2D eigenvalue weighted by Crippen LogP contribution is -2.52. The van der Waals surface area contributed by atoms with Gasteiger partial charge >= 0.3 is 0 Å². The summed E-state index contributed by atoms with van der Waals surface area (Å²) in [5.41, 5.74) is 0.830. The largest absolute Gasteiger partial charge is 0.497 e. The van der Waals surface area contributed by atoms with Crippen LogP contribution in [0.4, 0.5) is 0 Å². The number of hydrogen-bond acceptors (Lipinski definition) is 7. The molecule has 2 rings (SSSR count). The maximum atomic E-state index is 13.5. The van der Waals surface area contributed by atoms with Crippen molar-refractivity contribution in [3.05, 3.63) is 60.2 Å². The van der Waals surface area contributed by atoms with Gasteiger partial charge < -0.3 is 15.2 Å². The first kappa shape index (κ1) is 30.8. The number of nitrogens with zero attached hydrogens (tertiary/aromatic N) is 1. The monoisotopic (exact) mass is 554 g/mol. The molecule has 0 saturated carbocycles. The first-order valence-electron chi connectivity index (χ1n) is 12.1.